The summed E-state index contributed by atoms with van der Waals surface area (Å²) in [5.74, 6) is -0.716. The molecular weight excluding hydrogens is 194 g/mol. The van der Waals surface area contributed by atoms with Gasteiger partial charge in [0.2, 0.25) is 5.91 Å². The van der Waals surface area contributed by atoms with Gasteiger partial charge in [-0.3, -0.25) is 4.79 Å². The van der Waals surface area contributed by atoms with Crippen LogP contribution in [0.4, 0.5) is 0 Å². The summed E-state index contributed by atoms with van der Waals surface area (Å²) in [6.07, 6.45) is 1.56. The standard InChI is InChI=1S/C11H21NO3/c1-5-11(4,10(14)15)12-9(13)7-6-8(2)3/h8H,5-7H2,1-4H3,(H,12,13)(H,14,15). The molecule has 0 bridgehead atoms. The molecule has 88 valence electrons. The van der Waals surface area contributed by atoms with Gasteiger partial charge in [-0.25, -0.2) is 4.79 Å². The van der Waals surface area contributed by atoms with Crippen molar-refractivity contribution in [3.8, 4) is 0 Å². The lowest BCUT2D eigenvalue weighted by Gasteiger charge is -2.24. The maximum Gasteiger partial charge on any atom is 0.329 e. The van der Waals surface area contributed by atoms with Gasteiger partial charge in [0.1, 0.15) is 5.54 Å². The molecule has 4 nitrogen and oxygen atoms in total. The summed E-state index contributed by atoms with van der Waals surface area (Å²) in [5.41, 5.74) is -1.13. The fraction of sp³-hybridized carbons (Fsp3) is 0.818. The van der Waals surface area contributed by atoms with Gasteiger partial charge < -0.3 is 10.4 Å². The quantitative estimate of drug-likeness (QED) is 0.710. The number of carbonyl (C=O) groups excluding carboxylic acids is 1. The topological polar surface area (TPSA) is 66.4 Å². The van der Waals surface area contributed by atoms with E-state index in [2.05, 4.69) is 5.32 Å². The number of nitrogens with one attached hydrogen (secondary N) is 1. The molecule has 0 saturated heterocycles. The zero-order chi connectivity index (χ0) is 12.1. The van der Waals surface area contributed by atoms with Crippen molar-refractivity contribution in [2.24, 2.45) is 5.92 Å². The number of hydrogen-bond acceptors (Lipinski definition) is 2. The lowest BCUT2D eigenvalue weighted by Crippen LogP contribution is -2.51. The fourth-order valence-electron chi connectivity index (χ4n) is 1.08. The average molecular weight is 215 g/mol. The van der Waals surface area contributed by atoms with Crippen molar-refractivity contribution in [1.82, 2.24) is 5.32 Å². The van der Waals surface area contributed by atoms with Gasteiger partial charge in [-0.05, 0) is 25.7 Å². The number of carbonyl (C=O) groups is 2. The van der Waals surface area contributed by atoms with Crippen LogP contribution in [-0.2, 0) is 9.59 Å². The molecular formula is C11H21NO3. The summed E-state index contributed by atoms with van der Waals surface area (Å²) in [7, 11) is 0. The van der Waals surface area contributed by atoms with Crippen LogP contribution in [0.15, 0.2) is 0 Å². The highest BCUT2D eigenvalue weighted by Gasteiger charge is 2.32. The highest BCUT2D eigenvalue weighted by molar-refractivity contribution is 5.86. The minimum Gasteiger partial charge on any atom is -0.480 e. The van der Waals surface area contributed by atoms with Gasteiger partial charge in [0.05, 0.1) is 0 Å². The van der Waals surface area contributed by atoms with Crippen LogP contribution < -0.4 is 5.32 Å². The van der Waals surface area contributed by atoms with Crippen LogP contribution >= 0.6 is 0 Å². The van der Waals surface area contributed by atoms with E-state index in [1.165, 1.54) is 6.92 Å². The lowest BCUT2D eigenvalue weighted by molar-refractivity contribution is -0.147. The van der Waals surface area contributed by atoms with Gasteiger partial charge in [-0.15, -0.1) is 0 Å². The smallest absolute Gasteiger partial charge is 0.329 e. The highest BCUT2D eigenvalue weighted by atomic mass is 16.4. The number of aliphatic carboxylic acids is 1. The summed E-state index contributed by atoms with van der Waals surface area (Å²) in [6.45, 7) is 7.34. The Morgan fingerprint density at radius 3 is 2.27 bits per heavy atom. The SMILES string of the molecule is CCC(C)(NC(=O)CCC(C)C)C(=O)O. The molecule has 0 aliphatic rings. The molecule has 1 atom stereocenters. The van der Waals surface area contributed by atoms with Crippen molar-refractivity contribution in [2.45, 2.75) is 52.5 Å². The van der Waals surface area contributed by atoms with Gasteiger partial charge in [-0.2, -0.15) is 0 Å². The van der Waals surface area contributed by atoms with Crippen molar-refractivity contribution in [3.05, 3.63) is 0 Å². The van der Waals surface area contributed by atoms with Crippen molar-refractivity contribution in [1.29, 1.82) is 0 Å². The van der Waals surface area contributed by atoms with E-state index in [-0.39, 0.29) is 5.91 Å². The Kier molecular flexibility index (Phi) is 5.33. The normalized spacial score (nSPS) is 14.7. The number of rotatable bonds is 6. The van der Waals surface area contributed by atoms with Gasteiger partial charge >= 0.3 is 5.97 Å². The first-order valence-corrected chi connectivity index (χ1v) is 5.36. The Morgan fingerprint density at radius 1 is 1.40 bits per heavy atom. The predicted octanol–water partition coefficient (Wildman–Crippen LogP) is 1.79. The van der Waals surface area contributed by atoms with Gasteiger partial charge in [0.25, 0.3) is 0 Å². The summed E-state index contributed by atoms with van der Waals surface area (Å²) in [5, 5.41) is 11.5. The van der Waals surface area contributed by atoms with Gasteiger partial charge in [-0.1, -0.05) is 20.8 Å². The second-order valence-electron chi connectivity index (χ2n) is 4.47. The van der Waals surface area contributed by atoms with E-state index in [1.807, 2.05) is 13.8 Å². The Balaban J connectivity index is 4.19. The molecule has 0 radical (unpaired) electrons. The molecule has 0 aromatic heterocycles. The summed E-state index contributed by atoms with van der Waals surface area (Å²) < 4.78 is 0. The summed E-state index contributed by atoms with van der Waals surface area (Å²) in [4.78, 5) is 22.4. The molecule has 0 fully saturated rings. The van der Waals surface area contributed by atoms with E-state index in [0.29, 0.717) is 18.8 Å². The van der Waals surface area contributed by atoms with Crippen LogP contribution in [0.1, 0.15) is 47.0 Å². The van der Waals surface area contributed by atoms with Gasteiger partial charge in [0.15, 0.2) is 0 Å². The third-order valence-electron chi connectivity index (χ3n) is 2.54. The molecule has 0 aliphatic heterocycles. The molecule has 1 unspecified atom stereocenters. The molecule has 0 heterocycles. The van der Waals surface area contributed by atoms with Crippen LogP contribution in [0, 0.1) is 5.92 Å². The monoisotopic (exact) mass is 215 g/mol. The first-order chi connectivity index (χ1) is 6.81. The molecule has 0 aromatic rings. The first kappa shape index (κ1) is 13.9. The van der Waals surface area contributed by atoms with Crippen LogP contribution in [-0.4, -0.2) is 22.5 Å². The molecule has 0 aliphatic carbocycles. The fourth-order valence-corrected chi connectivity index (χ4v) is 1.08. The first-order valence-electron chi connectivity index (χ1n) is 5.36. The van der Waals surface area contributed by atoms with Crippen LogP contribution in [0.5, 0.6) is 0 Å². The van der Waals surface area contributed by atoms with Crippen molar-refractivity contribution in [3.63, 3.8) is 0 Å². The Hall–Kier alpha value is -1.06. The highest BCUT2D eigenvalue weighted by Crippen LogP contribution is 2.11. The average Bonchev–Trinajstić information content (AvgIpc) is 2.14. The van der Waals surface area contributed by atoms with Crippen molar-refractivity contribution >= 4 is 11.9 Å². The molecule has 0 rings (SSSR count). The Labute approximate surface area is 91.1 Å². The Bertz CT molecular complexity index is 238. The van der Waals surface area contributed by atoms with Crippen molar-refractivity contribution in [2.75, 3.05) is 0 Å². The lowest BCUT2D eigenvalue weighted by atomic mass is 9.98. The van der Waals surface area contributed by atoms with Crippen molar-refractivity contribution < 1.29 is 14.7 Å². The molecule has 1 amide bonds. The van der Waals surface area contributed by atoms with Crippen LogP contribution in [0.25, 0.3) is 0 Å². The zero-order valence-corrected chi connectivity index (χ0v) is 9.96. The molecule has 0 saturated carbocycles. The molecule has 0 spiro atoms. The Morgan fingerprint density at radius 2 is 1.93 bits per heavy atom. The molecule has 2 N–H and O–H groups in total. The maximum atomic E-state index is 11.5. The van der Waals surface area contributed by atoms with Crippen LogP contribution in [0.3, 0.4) is 0 Å². The third kappa shape index (κ3) is 4.81. The largest absolute Gasteiger partial charge is 0.480 e. The number of carboxylic acids is 1. The number of amides is 1. The number of carboxylic acid groups (broad SMARTS) is 1. The van der Waals surface area contributed by atoms with E-state index < -0.39 is 11.5 Å². The second-order valence-corrected chi connectivity index (χ2v) is 4.47. The number of hydrogen-bond donors (Lipinski definition) is 2. The minimum atomic E-state index is -1.13. The van der Waals surface area contributed by atoms with Gasteiger partial charge in [0, 0.05) is 6.42 Å². The zero-order valence-electron chi connectivity index (χ0n) is 9.96. The second kappa shape index (κ2) is 5.73. The minimum absolute atomic E-state index is 0.185. The predicted molar refractivity (Wildman–Crippen MR) is 58.5 cm³/mol. The molecule has 15 heavy (non-hydrogen) atoms. The van der Waals surface area contributed by atoms with E-state index >= 15 is 0 Å². The van der Waals surface area contributed by atoms with E-state index in [1.54, 1.807) is 6.92 Å². The van der Waals surface area contributed by atoms with Crippen LogP contribution in [0.2, 0.25) is 0 Å². The molecule has 4 heteroatoms. The third-order valence-corrected chi connectivity index (χ3v) is 2.54. The maximum absolute atomic E-state index is 11.5. The summed E-state index contributed by atoms with van der Waals surface area (Å²) in [6, 6.07) is 0. The van der Waals surface area contributed by atoms with E-state index in [9.17, 15) is 9.59 Å². The summed E-state index contributed by atoms with van der Waals surface area (Å²) >= 11 is 0. The molecule has 0 aromatic carbocycles. The van der Waals surface area contributed by atoms with E-state index in [4.69, 9.17) is 5.11 Å². The van der Waals surface area contributed by atoms with E-state index in [0.717, 1.165) is 6.42 Å².